The Kier molecular flexibility index (Phi) is 16.5. The van der Waals surface area contributed by atoms with Gasteiger partial charge < -0.3 is 16.0 Å². The highest BCUT2D eigenvalue weighted by Crippen LogP contribution is 2.19. The number of carbonyl (C=O) groups excluding carboxylic acids is 1. The molecule has 0 aromatic heterocycles. The summed E-state index contributed by atoms with van der Waals surface area (Å²) in [6, 6.07) is 5.65. The maximum Gasteiger partial charge on any atom is 0.319 e. The van der Waals surface area contributed by atoms with E-state index in [1.807, 2.05) is 64.4 Å². The van der Waals surface area contributed by atoms with E-state index in [1.165, 1.54) is 23.1 Å². The summed E-state index contributed by atoms with van der Waals surface area (Å²) in [4.78, 5) is 12.0. The Labute approximate surface area is 200 Å². The average molecular weight is 456 g/mol. The number of hydrogen-bond donors (Lipinski definition) is 3. The zero-order chi connectivity index (χ0) is 24.4. The molecule has 0 spiro atoms. The topological polar surface area (TPSA) is 53.2 Å². The molecule has 0 heterocycles. The van der Waals surface area contributed by atoms with E-state index < -0.39 is 0 Å². The predicted molar refractivity (Wildman–Crippen MR) is 147 cm³/mol. The first-order valence-corrected chi connectivity index (χ1v) is 12.1. The van der Waals surface area contributed by atoms with Gasteiger partial charge in [0.1, 0.15) is 0 Å². The van der Waals surface area contributed by atoms with Gasteiger partial charge in [0.2, 0.25) is 0 Å². The minimum absolute atomic E-state index is 0.172. The fourth-order valence-corrected chi connectivity index (χ4v) is 3.20. The summed E-state index contributed by atoms with van der Waals surface area (Å²) in [6.07, 6.45) is 9.68. The van der Waals surface area contributed by atoms with Crippen LogP contribution >= 0.6 is 11.8 Å². The lowest BCUT2D eigenvalue weighted by atomic mass is 10.1. The molecule has 3 N–H and O–H groups in total. The minimum Gasteiger partial charge on any atom is -0.388 e. The molecular weight excluding hydrogens is 414 g/mol. The Morgan fingerprint density at radius 2 is 1.84 bits per heavy atom. The monoisotopic (exact) mass is 455 g/mol. The fourth-order valence-electron chi connectivity index (χ4n) is 2.79. The molecule has 176 valence electrons. The Balaban J connectivity index is 0.000000814. The van der Waals surface area contributed by atoms with Crippen LogP contribution in [0.15, 0.2) is 77.1 Å². The first-order chi connectivity index (χ1) is 15.4. The van der Waals surface area contributed by atoms with Crippen LogP contribution in [-0.4, -0.2) is 19.6 Å². The van der Waals surface area contributed by atoms with Crippen LogP contribution in [0.3, 0.4) is 0 Å². The maximum atomic E-state index is 12.0. The molecule has 2 amide bonds. The molecule has 0 saturated heterocycles. The molecule has 0 atom stereocenters. The number of thioether (sulfide) groups is 1. The first-order valence-electron chi connectivity index (χ1n) is 11.2. The summed E-state index contributed by atoms with van der Waals surface area (Å²) in [5, 5.41) is 12.7. The van der Waals surface area contributed by atoms with E-state index in [9.17, 15) is 4.79 Å². The molecule has 32 heavy (non-hydrogen) atoms. The molecule has 1 aliphatic rings. The van der Waals surface area contributed by atoms with E-state index in [2.05, 4.69) is 48.2 Å². The second-order valence-corrected chi connectivity index (χ2v) is 7.84. The molecule has 0 radical (unpaired) electrons. The lowest BCUT2D eigenvalue weighted by Crippen LogP contribution is -2.30. The molecule has 4 nitrogen and oxygen atoms in total. The zero-order valence-electron chi connectivity index (χ0n) is 20.7. The summed E-state index contributed by atoms with van der Waals surface area (Å²) >= 11 is 1.57. The SMILES string of the molecule is C=CS/C=C(\C)C=C.CC.CNc1ccc(NC(=O)NCC2=CCCCC=C2C)cc1C. The number of hydrogen-bond acceptors (Lipinski definition) is 3. The fraction of sp³-hybridized carbons (Fsp3) is 0.370. The van der Waals surface area contributed by atoms with Crippen LogP contribution in [0.1, 0.15) is 52.5 Å². The molecule has 1 aromatic rings. The van der Waals surface area contributed by atoms with Crippen molar-refractivity contribution in [3.63, 3.8) is 0 Å². The number of allylic oxidation sites excluding steroid dienone is 4. The van der Waals surface area contributed by atoms with Gasteiger partial charge >= 0.3 is 6.03 Å². The van der Waals surface area contributed by atoms with Crippen molar-refractivity contribution in [1.82, 2.24) is 5.32 Å². The Bertz CT molecular complexity index is 822. The van der Waals surface area contributed by atoms with Crippen molar-refractivity contribution in [2.45, 2.75) is 53.9 Å². The number of anilines is 2. The number of carbonyl (C=O) groups is 1. The van der Waals surface area contributed by atoms with Crippen molar-refractivity contribution < 1.29 is 4.79 Å². The van der Waals surface area contributed by atoms with Gasteiger partial charge in [0.05, 0.1) is 0 Å². The smallest absolute Gasteiger partial charge is 0.319 e. The average Bonchev–Trinajstić information content (AvgIpc) is 3.01. The van der Waals surface area contributed by atoms with E-state index in [0.717, 1.165) is 29.8 Å². The van der Waals surface area contributed by atoms with Crippen LogP contribution in [0.25, 0.3) is 0 Å². The van der Waals surface area contributed by atoms with Gasteiger partial charge in [-0.2, -0.15) is 0 Å². The number of nitrogens with one attached hydrogen (secondary N) is 3. The quantitative estimate of drug-likeness (QED) is 0.363. The molecule has 0 unspecified atom stereocenters. The van der Waals surface area contributed by atoms with Crippen molar-refractivity contribution in [2.24, 2.45) is 0 Å². The first kappa shape index (κ1) is 29.3. The van der Waals surface area contributed by atoms with Gasteiger partial charge in [-0.05, 0) is 85.8 Å². The lowest BCUT2D eigenvalue weighted by Gasteiger charge is -2.12. The largest absolute Gasteiger partial charge is 0.388 e. The summed E-state index contributed by atoms with van der Waals surface area (Å²) in [6.45, 7) is 17.8. The van der Waals surface area contributed by atoms with Crippen LogP contribution in [0.5, 0.6) is 0 Å². The normalized spacial score (nSPS) is 12.9. The third-order valence-corrected chi connectivity index (χ3v) is 5.32. The van der Waals surface area contributed by atoms with E-state index in [1.54, 1.807) is 17.2 Å². The number of rotatable bonds is 7. The highest BCUT2D eigenvalue weighted by Gasteiger charge is 2.07. The molecule has 1 aliphatic carbocycles. The van der Waals surface area contributed by atoms with Crippen molar-refractivity contribution >= 4 is 29.2 Å². The number of benzene rings is 1. The molecule has 0 bridgehead atoms. The van der Waals surface area contributed by atoms with Crippen LogP contribution < -0.4 is 16.0 Å². The van der Waals surface area contributed by atoms with Crippen LogP contribution in [0.4, 0.5) is 16.2 Å². The van der Waals surface area contributed by atoms with Gasteiger partial charge in [0.25, 0.3) is 0 Å². The standard InChI is InChI=1S/C18H25N3O.C7H10S.C2H6/c1-13-7-5-4-6-8-15(13)12-20-18(22)21-16-9-10-17(19-3)14(2)11-16;1-4-7(3)6-8-5-2;1-2/h7-11,19H,4-6,12H2,1-3H3,(H2,20,21,22);4-6H,1-2H2,3H3;1-2H3/b;7-6+;. The highest BCUT2D eigenvalue weighted by atomic mass is 32.2. The van der Waals surface area contributed by atoms with Crippen LogP contribution in [0, 0.1) is 6.92 Å². The third-order valence-electron chi connectivity index (χ3n) is 4.62. The molecular formula is C27H41N3OS. The van der Waals surface area contributed by atoms with Crippen molar-refractivity contribution in [1.29, 1.82) is 0 Å². The van der Waals surface area contributed by atoms with Gasteiger partial charge in [0, 0.05) is 25.0 Å². The molecule has 0 saturated carbocycles. The minimum atomic E-state index is -0.172. The van der Waals surface area contributed by atoms with Gasteiger partial charge in [-0.1, -0.05) is 50.8 Å². The molecule has 0 fully saturated rings. The van der Waals surface area contributed by atoms with Crippen molar-refractivity contribution in [2.75, 3.05) is 24.2 Å². The predicted octanol–water partition coefficient (Wildman–Crippen LogP) is 8.19. The maximum absolute atomic E-state index is 12.0. The van der Waals surface area contributed by atoms with Gasteiger partial charge in [0.15, 0.2) is 0 Å². The zero-order valence-corrected chi connectivity index (χ0v) is 21.5. The number of amides is 2. The number of aryl methyl sites for hydroxylation is 1. The van der Waals surface area contributed by atoms with Crippen molar-refractivity contribution in [3.05, 3.63) is 82.7 Å². The van der Waals surface area contributed by atoms with E-state index in [-0.39, 0.29) is 6.03 Å². The van der Waals surface area contributed by atoms with Crippen LogP contribution in [-0.2, 0) is 0 Å². The summed E-state index contributed by atoms with van der Waals surface area (Å²) in [5.41, 5.74) is 6.63. The van der Waals surface area contributed by atoms with E-state index in [0.29, 0.717) is 6.54 Å². The summed E-state index contributed by atoms with van der Waals surface area (Å²) < 4.78 is 0. The second kappa shape index (κ2) is 18.0. The third kappa shape index (κ3) is 12.3. The van der Waals surface area contributed by atoms with Crippen molar-refractivity contribution in [3.8, 4) is 0 Å². The Hall–Kier alpha value is -2.66. The van der Waals surface area contributed by atoms with E-state index in [4.69, 9.17) is 0 Å². The Morgan fingerprint density at radius 3 is 2.44 bits per heavy atom. The molecule has 1 aromatic carbocycles. The van der Waals surface area contributed by atoms with Gasteiger partial charge in [-0.3, -0.25) is 0 Å². The summed E-state index contributed by atoms with van der Waals surface area (Å²) in [7, 11) is 1.89. The molecule has 0 aliphatic heterocycles. The van der Waals surface area contributed by atoms with Gasteiger partial charge in [-0.25, -0.2) is 4.79 Å². The van der Waals surface area contributed by atoms with Crippen LogP contribution in [0.2, 0.25) is 0 Å². The molecule has 5 heteroatoms. The van der Waals surface area contributed by atoms with E-state index >= 15 is 0 Å². The van der Waals surface area contributed by atoms with Gasteiger partial charge in [-0.15, -0.1) is 11.8 Å². The molecule has 2 rings (SSSR count). The summed E-state index contributed by atoms with van der Waals surface area (Å²) in [5.74, 6) is 0. The number of urea groups is 1. The lowest BCUT2D eigenvalue weighted by molar-refractivity contribution is 0.253. The second-order valence-electron chi connectivity index (χ2n) is 7.00. The Morgan fingerprint density at radius 1 is 1.16 bits per heavy atom. The highest BCUT2D eigenvalue weighted by molar-refractivity contribution is 8.04.